The van der Waals surface area contributed by atoms with E-state index in [9.17, 15) is 13.2 Å². The summed E-state index contributed by atoms with van der Waals surface area (Å²) in [5.41, 5.74) is 2.33. The Morgan fingerprint density at radius 2 is 1.89 bits per heavy atom. The topological polar surface area (TPSA) is 92.8 Å². The van der Waals surface area contributed by atoms with Crippen molar-refractivity contribution in [2.45, 2.75) is 45.4 Å². The Morgan fingerprint density at radius 1 is 1.22 bits per heavy atom. The fraction of sp³-hybridized carbons (Fsp3) is 0.421. The lowest BCUT2D eigenvalue weighted by molar-refractivity contribution is -0.120. The van der Waals surface area contributed by atoms with Crippen LogP contribution < -0.4 is 0 Å². The van der Waals surface area contributed by atoms with E-state index in [0.717, 1.165) is 15.6 Å². The quantitative estimate of drug-likeness (QED) is 0.784. The Bertz CT molecular complexity index is 958. The van der Waals surface area contributed by atoms with Crippen LogP contribution in [0, 0.1) is 13.8 Å². The van der Waals surface area contributed by atoms with Crippen LogP contribution in [0.1, 0.15) is 41.7 Å². The molecule has 7 nitrogen and oxygen atoms in total. The van der Waals surface area contributed by atoms with Gasteiger partial charge in [0.2, 0.25) is 0 Å². The van der Waals surface area contributed by atoms with Crippen LogP contribution in [0.4, 0.5) is 0 Å². The molecule has 27 heavy (non-hydrogen) atoms. The van der Waals surface area contributed by atoms with E-state index in [-0.39, 0.29) is 12.3 Å². The predicted molar refractivity (Wildman–Crippen MR) is 102 cm³/mol. The number of aryl methyl sites for hydroxylation is 2. The van der Waals surface area contributed by atoms with Gasteiger partial charge < -0.3 is 4.52 Å². The molecule has 0 aliphatic carbocycles. The van der Waals surface area contributed by atoms with Gasteiger partial charge in [-0.3, -0.25) is 9.79 Å². The number of aromatic nitrogens is 1. The van der Waals surface area contributed by atoms with Crippen molar-refractivity contribution in [3.8, 4) is 0 Å². The molecule has 8 heteroatoms. The van der Waals surface area contributed by atoms with Gasteiger partial charge in [-0.1, -0.05) is 35.5 Å². The molecular formula is C19H23N3O4S. The third kappa shape index (κ3) is 3.41. The molecule has 2 heterocycles. The molecule has 1 atom stereocenters. The standard InChI is InChI=1S/C19H23N3O4S/c1-12(2)22-19(23)17(20-11-10-16-13(3)21-26-14(16)4)18(27(22,24)25)15-8-6-5-7-9-15/h5-9,12,18H,10-11H2,1-4H3. The van der Waals surface area contributed by atoms with Crippen molar-refractivity contribution in [2.75, 3.05) is 6.54 Å². The number of amides is 1. The van der Waals surface area contributed by atoms with Crippen LogP contribution in [-0.4, -0.2) is 42.1 Å². The average Bonchev–Trinajstić information content (AvgIpc) is 3.02. The van der Waals surface area contributed by atoms with Gasteiger partial charge in [-0.15, -0.1) is 0 Å². The number of aliphatic imine (C=N–C) groups is 1. The fourth-order valence-electron chi connectivity index (χ4n) is 3.38. The number of hydrogen-bond donors (Lipinski definition) is 0. The summed E-state index contributed by atoms with van der Waals surface area (Å²) >= 11 is 0. The van der Waals surface area contributed by atoms with Gasteiger partial charge in [-0.05, 0) is 39.7 Å². The Kier molecular flexibility index (Phi) is 5.19. The molecule has 144 valence electrons. The zero-order valence-corrected chi connectivity index (χ0v) is 16.7. The van der Waals surface area contributed by atoms with Crippen molar-refractivity contribution in [3.63, 3.8) is 0 Å². The molecule has 0 saturated carbocycles. The van der Waals surface area contributed by atoms with E-state index in [2.05, 4.69) is 10.1 Å². The highest BCUT2D eigenvalue weighted by Crippen LogP contribution is 2.35. The van der Waals surface area contributed by atoms with Gasteiger partial charge in [0, 0.05) is 18.2 Å². The predicted octanol–water partition coefficient (Wildman–Crippen LogP) is 2.60. The maximum absolute atomic E-state index is 13.1. The first-order valence-electron chi connectivity index (χ1n) is 8.83. The van der Waals surface area contributed by atoms with E-state index in [1.807, 2.05) is 13.8 Å². The lowest BCUT2D eigenvalue weighted by Gasteiger charge is -2.19. The van der Waals surface area contributed by atoms with Crippen LogP contribution in [0.5, 0.6) is 0 Å². The molecule has 1 fully saturated rings. The molecule has 1 aliphatic heterocycles. The minimum absolute atomic E-state index is 0.0710. The van der Waals surface area contributed by atoms with Crippen molar-refractivity contribution in [3.05, 3.63) is 52.9 Å². The lowest BCUT2D eigenvalue weighted by Crippen LogP contribution is -2.37. The highest BCUT2D eigenvalue weighted by atomic mass is 32.2. The van der Waals surface area contributed by atoms with Gasteiger partial charge in [0.05, 0.1) is 5.69 Å². The van der Waals surface area contributed by atoms with Crippen LogP contribution >= 0.6 is 0 Å². The first kappa shape index (κ1) is 19.3. The van der Waals surface area contributed by atoms with Crippen molar-refractivity contribution in [2.24, 2.45) is 4.99 Å². The average molecular weight is 389 g/mol. The second-order valence-corrected chi connectivity index (χ2v) is 8.74. The van der Waals surface area contributed by atoms with Crippen LogP contribution in [0.15, 0.2) is 39.8 Å². The number of rotatable bonds is 5. The number of hydrogen-bond acceptors (Lipinski definition) is 6. The first-order valence-corrected chi connectivity index (χ1v) is 10.3. The summed E-state index contributed by atoms with van der Waals surface area (Å²) in [5.74, 6) is 0.166. The summed E-state index contributed by atoms with van der Waals surface area (Å²) in [6, 6.07) is 8.28. The highest BCUT2D eigenvalue weighted by Gasteiger charge is 2.51. The summed E-state index contributed by atoms with van der Waals surface area (Å²) in [4.78, 5) is 17.3. The normalized spacial score (nSPS) is 20.8. The van der Waals surface area contributed by atoms with Crippen molar-refractivity contribution in [1.29, 1.82) is 0 Å². The van der Waals surface area contributed by atoms with Crippen molar-refractivity contribution >= 4 is 21.6 Å². The van der Waals surface area contributed by atoms with Gasteiger partial charge >= 0.3 is 0 Å². The molecule has 1 unspecified atom stereocenters. The van der Waals surface area contributed by atoms with Crippen LogP contribution in [0.2, 0.25) is 0 Å². The summed E-state index contributed by atoms with van der Waals surface area (Å²) in [5, 5.41) is 2.84. The molecule has 3 rings (SSSR count). The molecule has 2 aromatic rings. The number of carbonyl (C=O) groups is 1. The number of carbonyl (C=O) groups excluding carboxylic acids is 1. The molecule has 1 aliphatic rings. The maximum Gasteiger partial charge on any atom is 0.283 e. The van der Waals surface area contributed by atoms with Crippen molar-refractivity contribution in [1.82, 2.24) is 9.46 Å². The van der Waals surface area contributed by atoms with Gasteiger partial charge in [0.15, 0.2) is 5.25 Å². The SMILES string of the molecule is Cc1noc(C)c1CCN=C1C(=O)N(C(C)C)S(=O)(=O)C1c1ccccc1. The van der Waals surface area contributed by atoms with E-state index in [4.69, 9.17) is 4.52 Å². The van der Waals surface area contributed by atoms with Gasteiger partial charge in [0.25, 0.3) is 15.9 Å². The summed E-state index contributed by atoms with van der Waals surface area (Å²) in [6.45, 7) is 7.32. The Morgan fingerprint density at radius 3 is 2.44 bits per heavy atom. The fourth-order valence-corrected chi connectivity index (χ4v) is 5.48. The van der Waals surface area contributed by atoms with E-state index in [0.29, 0.717) is 17.7 Å². The molecule has 1 aromatic heterocycles. The van der Waals surface area contributed by atoms with Crippen LogP contribution in [0.3, 0.4) is 0 Å². The number of sulfonamides is 1. The Hall–Kier alpha value is -2.48. The molecule has 1 amide bonds. The number of benzene rings is 1. The van der Waals surface area contributed by atoms with Crippen LogP contribution in [-0.2, 0) is 21.2 Å². The summed E-state index contributed by atoms with van der Waals surface area (Å²) in [7, 11) is -3.86. The van der Waals surface area contributed by atoms with Crippen molar-refractivity contribution < 1.29 is 17.7 Å². The monoisotopic (exact) mass is 389 g/mol. The highest BCUT2D eigenvalue weighted by molar-refractivity contribution is 7.91. The maximum atomic E-state index is 13.1. The molecule has 0 bridgehead atoms. The Labute approximate surface area is 159 Å². The third-order valence-electron chi connectivity index (χ3n) is 4.64. The van der Waals surface area contributed by atoms with E-state index >= 15 is 0 Å². The third-order valence-corrected chi connectivity index (χ3v) is 6.86. The number of nitrogens with zero attached hydrogens (tertiary/aromatic N) is 3. The molecule has 0 spiro atoms. The summed E-state index contributed by atoms with van der Waals surface area (Å²) < 4.78 is 32.2. The van der Waals surface area contributed by atoms with Gasteiger partial charge in [0.1, 0.15) is 11.5 Å². The molecule has 1 saturated heterocycles. The molecular weight excluding hydrogens is 366 g/mol. The zero-order chi connectivity index (χ0) is 19.8. The van der Waals surface area contributed by atoms with E-state index in [1.54, 1.807) is 44.2 Å². The molecule has 0 radical (unpaired) electrons. The van der Waals surface area contributed by atoms with Gasteiger partial charge in [-0.2, -0.15) is 0 Å². The smallest absolute Gasteiger partial charge is 0.283 e. The molecule has 0 N–H and O–H groups in total. The van der Waals surface area contributed by atoms with Gasteiger partial charge in [-0.25, -0.2) is 12.7 Å². The minimum Gasteiger partial charge on any atom is -0.361 e. The Balaban J connectivity index is 1.98. The second-order valence-electron chi connectivity index (χ2n) is 6.85. The first-order chi connectivity index (χ1) is 12.7. The second kappa shape index (κ2) is 7.26. The van der Waals surface area contributed by atoms with E-state index in [1.165, 1.54) is 0 Å². The van der Waals surface area contributed by atoms with Crippen LogP contribution in [0.25, 0.3) is 0 Å². The lowest BCUT2D eigenvalue weighted by atomic mass is 10.1. The van der Waals surface area contributed by atoms with E-state index < -0.39 is 27.2 Å². The zero-order valence-electron chi connectivity index (χ0n) is 15.8. The summed E-state index contributed by atoms with van der Waals surface area (Å²) in [6.07, 6.45) is 0.529. The largest absolute Gasteiger partial charge is 0.361 e. The molecule has 1 aromatic carbocycles. The minimum atomic E-state index is -3.86.